The highest BCUT2D eigenvalue weighted by molar-refractivity contribution is 5.65. The number of hydrogen-bond acceptors (Lipinski definition) is 0. The van der Waals surface area contributed by atoms with Crippen LogP contribution in [0.3, 0.4) is 0 Å². The lowest BCUT2D eigenvalue weighted by molar-refractivity contribution is 0.911. The highest BCUT2D eigenvalue weighted by atomic mass is 14.9. The van der Waals surface area contributed by atoms with Gasteiger partial charge in [0.1, 0.15) is 0 Å². The molecule has 1 heterocycles. The van der Waals surface area contributed by atoms with E-state index in [2.05, 4.69) is 37.4 Å². The minimum Gasteiger partial charge on any atom is -0.350 e. The van der Waals surface area contributed by atoms with E-state index >= 15 is 0 Å². The van der Waals surface area contributed by atoms with Gasteiger partial charge in [-0.25, -0.2) is 0 Å². The third-order valence-electron chi connectivity index (χ3n) is 2.00. The van der Waals surface area contributed by atoms with E-state index in [0.717, 1.165) is 0 Å². The van der Waals surface area contributed by atoms with Crippen molar-refractivity contribution in [3.63, 3.8) is 0 Å². The summed E-state index contributed by atoms with van der Waals surface area (Å²) in [4.78, 5) is 0. The Balaban J connectivity index is 3.31. The molecule has 0 atom stereocenters. The lowest BCUT2D eigenvalue weighted by Crippen LogP contribution is -1.88. The van der Waals surface area contributed by atoms with E-state index in [1.165, 1.54) is 16.8 Å². The van der Waals surface area contributed by atoms with E-state index in [0.29, 0.717) is 0 Å². The Kier molecular flexibility index (Phi) is 2.54. The fraction of sp³-hybridized carbons (Fsp3) is 0.273. The molecule has 0 aliphatic carbocycles. The molecule has 0 aliphatic rings. The zero-order valence-corrected chi connectivity index (χ0v) is 7.96. The molecular formula is C11H15N. The number of hydrogen-bond donors (Lipinski definition) is 0. The maximum Gasteiger partial charge on any atom is 0.0476 e. The molecule has 0 amide bonds. The summed E-state index contributed by atoms with van der Waals surface area (Å²) in [5.41, 5.74) is 3.74. The molecule has 0 aliphatic heterocycles. The van der Waals surface area contributed by atoms with Gasteiger partial charge in [-0.2, -0.15) is 0 Å². The van der Waals surface area contributed by atoms with Crippen LogP contribution in [-0.4, -0.2) is 4.57 Å². The molecule has 0 bridgehead atoms. The molecule has 0 radical (unpaired) electrons. The monoisotopic (exact) mass is 161 g/mol. The summed E-state index contributed by atoms with van der Waals surface area (Å²) in [6.07, 6.45) is 8.17. The molecule has 0 fully saturated rings. The van der Waals surface area contributed by atoms with Gasteiger partial charge in [-0.3, -0.25) is 0 Å². The van der Waals surface area contributed by atoms with Crippen molar-refractivity contribution in [1.82, 2.24) is 4.57 Å². The number of allylic oxidation sites excluding steroid dienone is 1. The van der Waals surface area contributed by atoms with E-state index in [1.54, 1.807) is 0 Å². The lowest BCUT2D eigenvalue weighted by Gasteiger charge is -1.97. The first-order chi connectivity index (χ1) is 5.70. The van der Waals surface area contributed by atoms with Gasteiger partial charge in [-0.05, 0) is 25.5 Å². The largest absolute Gasteiger partial charge is 0.350 e. The second kappa shape index (κ2) is 3.44. The van der Waals surface area contributed by atoms with Crippen molar-refractivity contribution in [1.29, 1.82) is 0 Å². The molecule has 1 aromatic heterocycles. The molecule has 12 heavy (non-hydrogen) atoms. The molecule has 64 valence electrons. The van der Waals surface area contributed by atoms with Gasteiger partial charge < -0.3 is 4.57 Å². The quantitative estimate of drug-likeness (QED) is 0.628. The molecule has 0 spiro atoms. The smallest absolute Gasteiger partial charge is 0.0476 e. The lowest BCUT2D eigenvalue weighted by atomic mass is 10.1. The Morgan fingerprint density at radius 1 is 1.50 bits per heavy atom. The van der Waals surface area contributed by atoms with Gasteiger partial charge in [0, 0.05) is 24.5 Å². The standard InChI is InChI=1S/C11H15N/c1-5-7-11-10(6-2)9(3)8-12(11)4/h5-8H,2H2,1,3-4H3/b7-5-. The highest BCUT2D eigenvalue weighted by Gasteiger charge is 2.03. The summed E-state index contributed by atoms with van der Waals surface area (Å²) in [6, 6.07) is 0. The molecule has 0 saturated heterocycles. The fourth-order valence-corrected chi connectivity index (χ4v) is 1.45. The number of nitrogens with zero attached hydrogens (tertiary/aromatic N) is 1. The molecule has 0 aromatic carbocycles. The second-order valence-corrected chi connectivity index (χ2v) is 2.93. The van der Waals surface area contributed by atoms with E-state index in [1.807, 2.05) is 19.1 Å². The molecule has 1 heteroatoms. The fourth-order valence-electron chi connectivity index (χ4n) is 1.45. The molecule has 0 N–H and O–H groups in total. The maximum atomic E-state index is 3.80. The van der Waals surface area contributed by atoms with E-state index in [9.17, 15) is 0 Å². The van der Waals surface area contributed by atoms with Crippen LogP contribution in [0.1, 0.15) is 23.7 Å². The third kappa shape index (κ3) is 1.35. The Morgan fingerprint density at radius 3 is 2.67 bits per heavy atom. The van der Waals surface area contributed by atoms with Crippen LogP contribution in [0.25, 0.3) is 12.2 Å². The van der Waals surface area contributed by atoms with Gasteiger partial charge in [0.05, 0.1) is 0 Å². The topological polar surface area (TPSA) is 4.93 Å². The third-order valence-corrected chi connectivity index (χ3v) is 2.00. The van der Waals surface area contributed by atoms with Crippen molar-refractivity contribution in [2.75, 3.05) is 0 Å². The first-order valence-corrected chi connectivity index (χ1v) is 4.11. The van der Waals surface area contributed by atoms with Crippen LogP contribution in [0, 0.1) is 6.92 Å². The van der Waals surface area contributed by atoms with E-state index < -0.39 is 0 Å². The molecule has 0 saturated carbocycles. The molecular weight excluding hydrogens is 146 g/mol. The minimum absolute atomic E-state index is 1.23. The van der Waals surface area contributed by atoms with Crippen LogP contribution in [0.4, 0.5) is 0 Å². The minimum atomic E-state index is 1.23. The second-order valence-electron chi connectivity index (χ2n) is 2.93. The normalized spacial score (nSPS) is 10.9. The van der Waals surface area contributed by atoms with Crippen LogP contribution in [-0.2, 0) is 7.05 Å². The van der Waals surface area contributed by atoms with Crippen molar-refractivity contribution in [3.05, 3.63) is 35.7 Å². The Bertz CT molecular complexity index is 316. The van der Waals surface area contributed by atoms with Crippen LogP contribution in [0.15, 0.2) is 18.9 Å². The van der Waals surface area contributed by atoms with E-state index in [-0.39, 0.29) is 0 Å². The van der Waals surface area contributed by atoms with Gasteiger partial charge in [0.25, 0.3) is 0 Å². The van der Waals surface area contributed by atoms with Crippen molar-refractivity contribution >= 4 is 12.2 Å². The van der Waals surface area contributed by atoms with Gasteiger partial charge >= 0.3 is 0 Å². The summed E-state index contributed by atoms with van der Waals surface area (Å²) in [5, 5.41) is 0. The number of aryl methyl sites for hydroxylation is 2. The van der Waals surface area contributed by atoms with Gasteiger partial charge in [-0.1, -0.05) is 18.7 Å². The average molecular weight is 161 g/mol. The SMILES string of the molecule is C=Cc1c(C)cn(C)c1/C=C\C. The van der Waals surface area contributed by atoms with E-state index in [4.69, 9.17) is 0 Å². The van der Waals surface area contributed by atoms with Crippen LogP contribution >= 0.6 is 0 Å². The Hall–Kier alpha value is -1.24. The van der Waals surface area contributed by atoms with Gasteiger partial charge in [0.15, 0.2) is 0 Å². The predicted molar refractivity (Wildman–Crippen MR) is 54.9 cm³/mol. The molecule has 1 aromatic rings. The van der Waals surface area contributed by atoms with Crippen LogP contribution < -0.4 is 0 Å². The average Bonchev–Trinajstić information content (AvgIpc) is 2.28. The van der Waals surface area contributed by atoms with Gasteiger partial charge in [0.2, 0.25) is 0 Å². The molecule has 0 unspecified atom stereocenters. The highest BCUT2D eigenvalue weighted by Crippen LogP contribution is 2.18. The first-order valence-electron chi connectivity index (χ1n) is 4.11. The van der Waals surface area contributed by atoms with Crippen molar-refractivity contribution in [3.8, 4) is 0 Å². The van der Waals surface area contributed by atoms with Crippen molar-refractivity contribution in [2.45, 2.75) is 13.8 Å². The summed E-state index contributed by atoms with van der Waals surface area (Å²) in [7, 11) is 2.05. The summed E-state index contributed by atoms with van der Waals surface area (Å²) >= 11 is 0. The molecule has 1 nitrogen and oxygen atoms in total. The number of aromatic nitrogens is 1. The van der Waals surface area contributed by atoms with Crippen LogP contribution in [0.2, 0.25) is 0 Å². The number of rotatable bonds is 2. The zero-order chi connectivity index (χ0) is 9.14. The zero-order valence-electron chi connectivity index (χ0n) is 7.96. The predicted octanol–water partition coefficient (Wildman–Crippen LogP) is 3.01. The molecule has 1 rings (SSSR count). The van der Waals surface area contributed by atoms with Crippen molar-refractivity contribution in [2.24, 2.45) is 7.05 Å². The first kappa shape index (κ1) is 8.85. The maximum absolute atomic E-state index is 3.80. The van der Waals surface area contributed by atoms with Gasteiger partial charge in [-0.15, -0.1) is 0 Å². The van der Waals surface area contributed by atoms with Crippen LogP contribution in [0.5, 0.6) is 0 Å². The Morgan fingerprint density at radius 2 is 2.17 bits per heavy atom. The summed E-state index contributed by atoms with van der Waals surface area (Å²) in [5.74, 6) is 0. The van der Waals surface area contributed by atoms with Crippen molar-refractivity contribution < 1.29 is 0 Å². The summed E-state index contributed by atoms with van der Waals surface area (Å²) in [6.45, 7) is 7.93. The summed E-state index contributed by atoms with van der Waals surface area (Å²) < 4.78 is 2.12. The Labute approximate surface area is 74.0 Å².